The van der Waals surface area contributed by atoms with Gasteiger partial charge in [-0.25, -0.2) is 14.8 Å². The van der Waals surface area contributed by atoms with Gasteiger partial charge in [0.25, 0.3) is 0 Å². The van der Waals surface area contributed by atoms with Gasteiger partial charge in [-0.3, -0.25) is 0 Å². The molecule has 1 N–H and O–H groups in total. The van der Waals surface area contributed by atoms with Crippen LogP contribution in [0.25, 0.3) is 0 Å². The first-order valence-corrected chi connectivity index (χ1v) is 10.6. The molecule has 6 nitrogen and oxygen atoms in total. The Balaban J connectivity index is 2.04. The maximum Gasteiger partial charge on any atom is 0.416 e. The first kappa shape index (κ1) is 25.1. The summed E-state index contributed by atoms with van der Waals surface area (Å²) in [7, 11) is 0. The number of amides is 1. The highest BCUT2D eigenvalue weighted by molar-refractivity contribution is 9.10. The Kier molecular flexibility index (Phi) is 7.10. The number of hydrogen-bond acceptors (Lipinski definition) is 4. The van der Waals surface area contributed by atoms with Crippen molar-refractivity contribution in [3.05, 3.63) is 51.8 Å². The van der Waals surface area contributed by atoms with Crippen LogP contribution in [0.1, 0.15) is 36.5 Å². The molecule has 1 saturated heterocycles. The molecule has 3 rings (SSSR count). The predicted molar refractivity (Wildman–Crippen MR) is 110 cm³/mol. The summed E-state index contributed by atoms with van der Waals surface area (Å²) in [6.45, 7) is 1.44. The van der Waals surface area contributed by atoms with E-state index in [2.05, 4.69) is 25.9 Å². The molecule has 1 aromatic heterocycles. The van der Waals surface area contributed by atoms with Gasteiger partial charge in [0, 0.05) is 31.5 Å². The molecule has 0 saturated carbocycles. The fourth-order valence-electron chi connectivity index (χ4n) is 3.86. The average Bonchev–Trinajstić information content (AvgIpc) is 3.16. The Labute approximate surface area is 193 Å². The number of hydrogen-bond donors (Lipinski definition) is 1. The highest BCUT2D eigenvalue weighted by Gasteiger charge is 2.40. The second-order valence-electron chi connectivity index (χ2n) is 7.63. The quantitative estimate of drug-likeness (QED) is 0.484. The van der Waals surface area contributed by atoms with Crippen LogP contribution in [0, 0.1) is 0 Å². The third kappa shape index (κ3) is 5.87. The van der Waals surface area contributed by atoms with Crippen LogP contribution in [0.2, 0.25) is 0 Å². The van der Waals surface area contributed by atoms with E-state index in [1.54, 1.807) is 6.92 Å². The minimum Gasteiger partial charge on any atom is -0.465 e. The molecule has 1 aliphatic heterocycles. The van der Waals surface area contributed by atoms with Gasteiger partial charge in [0.2, 0.25) is 5.95 Å². The third-order valence-electron chi connectivity index (χ3n) is 5.41. The lowest BCUT2D eigenvalue weighted by Crippen LogP contribution is -2.39. The van der Waals surface area contributed by atoms with Crippen molar-refractivity contribution in [3.63, 3.8) is 0 Å². The number of anilines is 1. The maximum atomic E-state index is 13.3. The Morgan fingerprint density at radius 2 is 1.67 bits per heavy atom. The van der Waals surface area contributed by atoms with Gasteiger partial charge >= 0.3 is 18.4 Å². The van der Waals surface area contributed by atoms with Gasteiger partial charge in [-0.1, -0.05) is 6.92 Å². The molecule has 1 fully saturated rings. The van der Waals surface area contributed by atoms with Crippen LogP contribution in [-0.4, -0.2) is 44.7 Å². The van der Waals surface area contributed by atoms with Crippen LogP contribution >= 0.6 is 15.9 Å². The Morgan fingerprint density at radius 3 is 2.09 bits per heavy atom. The normalized spacial score (nSPS) is 19.1. The lowest BCUT2D eigenvalue weighted by atomic mass is 10.0. The summed E-state index contributed by atoms with van der Waals surface area (Å²) in [6, 6.07) is 0.484. The summed E-state index contributed by atoms with van der Waals surface area (Å²) in [5, 5.41) is 9.48. The number of alkyl halides is 6. The second kappa shape index (κ2) is 9.35. The van der Waals surface area contributed by atoms with E-state index in [1.165, 1.54) is 22.2 Å². The Hall–Kier alpha value is -2.57. The fraction of sp³-hybridized carbons (Fsp3) is 0.450. The predicted octanol–water partition coefficient (Wildman–Crippen LogP) is 5.81. The summed E-state index contributed by atoms with van der Waals surface area (Å²) in [5.41, 5.74) is -3.09. The molecule has 0 bridgehead atoms. The van der Waals surface area contributed by atoms with Crippen molar-refractivity contribution in [2.75, 3.05) is 11.4 Å². The molecule has 0 unspecified atom stereocenters. The first-order valence-electron chi connectivity index (χ1n) is 9.81. The molecule has 2 heterocycles. The van der Waals surface area contributed by atoms with Gasteiger partial charge in [-0.15, -0.1) is 0 Å². The third-order valence-corrected chi connectivity index (χ3v) is 5.82. The molecule has 180 valence electrons. The largest absolute Gasteiger partial charge is 0.465 e. The van der Waals surface area contributed by atoms with E-state index in [0.29, 0.717) is 29.4 Å². The Morgan fingerprint density at radius 1 is 1.12 bits per heavy atom. The van der Waals surface area contributed by atoms with E-state index in [4.69, 9.17) is 0 Å². The van der Waals surface area contributed by atoms with Crippen LogP contribution in [0.5, 0.6) is 0 Å². The second-order valence-corrected chi connectivity index (χ2v) is 8.55. The number of carbonyl (C=O) groups is 1. The number of aromatic nitrogens is 2. The van der Waals surface area contributed by atoms with Gasteiger partial charge < -0.3 is 14.9 Å². The zero-order chi connectivity index (χ0) is 24.6. The number of likely N-dealkylation sites (tertiary alicyclic amines) is 1. The van der Waals surface area contributed by atoms with Crippen LogP contribution in [-0.2, 0) is 18.9 Å². The van der Waals surface area contributed by atoms with E-state index < -0.39 is 35.6 Å². The standard InChI is InChI=1S/C20H19BrF6N4O2/c1-2-15-6-16(10-31(15)18(32)33)30(17-28-7-14(21)8-29-17)9-11-3-12(19(22,23)24)5-13(4-11)20(25,26)27/h3-5,7-8,15-16H,2,6,9-10H2,1H3,(H,32,33)/t15-,16+/m1/s1. The van der Waals surface area contributed by atoms with Gasteiger partial charge in [0.05, 0.1) is 21.6 Å². The molecule has 1 amide bonds. The SMILES string of the molecule is CC[C@@H]1C[C@H](N(Cc2cc(C(F)(F)F)cc(C(F)(F)F)c2)c2ncc(Br)cn2)CN1C(=O)O. The average molecular weight is 541 g/mol. The summed E-state index contributed by atoms with van der Waals surface area (Å²) in [4.78, 5) is 22.6. The molecule has 2 aromatic rings. The van der Waals surface area contributed by atoms with Crippen LogP contribution in [0.3, 0.4) is 0 Å². The maximum absolute atomic E-state index is 13.3. The molecule has 0 radical (unpaired) electrons. The molecule has 0 aliphatic carbocycles. The molecular weight excluding hydrogens is 522 g/mol. The van der Waals surface area contributed by atoms with Crippen molar-refractivity contribution in [2.45, 2.75) is 50.7 Å². The van der Waals surface area contributed by atoms with Gasteiger partial charge in [0.1, 0.15) is 0 Å². The molecule has 0 spiro atoms. The lowest BCUT2D eigenvalue weighted by Gasteiger charge is -2.29. The number of rotatable bonds is 5. The van der Waals surface area contributed by atoms with E-state index in [0.717, 1.165) is 0 Å². The monoisotopic (exact) mass is 540 g/mol. The highest BCUT2D eigenvalue weighted by Crippen LogP contribution is 2.37. The minimum atomic E-state index is -4.98. The van der Waals surface area contributed by atoms with E-state index in [9.17, 15) is 36.2 Å². The van der Waals surface area contributed by atoms with Crippen molar-refractivity contribution in [1.29, 1.82) is 0 Å². The Bertz CT molecular complexity index is 967. The lowest BCUT2D eigenvalue weighted by molar-refractivity contribution is -0.143. The molecular formula is C20H19BrF6N4O2. The number of nitrogens with zero attached hydrogens (tertiary/aromatic N) is 4. The number of carboxylic acid groups (broad SMARTS) is 1. The van der Waals surface area contributed by atoms with Crippen molar-refractivity contribution in [1.82, 2.24) is 14.9 Å². The molecule has 2 atom stereocenters. The smallest absolute Gasteiger partial charge is 0.416 e. The molecule has 33 heavy (non-hydrogen) atoms. The van der Waals surface area contributed by atoms with E-state index >= 15 is 0 Å². The van der Waals surface area contributed by atoms with Crippen molar-refractivity contribution < 1.29 is 36.2 Å². The van der Waals surface area contributed by atoms with E-state index in [1.807, 2.05) is 0 Å². The summed E-state index contributed by atoms with van der Waals surface area (Å²) in [6.07, 6.45) is -7.49. The van der Waals surface area contributed by atoms with Gasteiger partial charge in [0.15, 0.2) is 0 Å². The summed E-state index contributed by atoms with van der Waals surface area (Å²) in [5.74, 6) is 0.0660. The molecule has 13 heteroatoms. The zero-order valence-electron chi connectivity index (χ0n) is 17.2. The highest BCUT2D eigenvalue weighted by atomic mass is 79.9. The fourth-order valence-corrected chi connectivity index (χ4v) is 4.07. The number of halogens is 7. The van der Waals surface area contributed by atoms with Crippen molar-refractivity contribution in [3.8, 4) is 0 Å². The zero-order valence-corrected chi connectivity index (χ0v) is 18.7. The van der Waals surface area contributed by atoms with Crippen LogP contribution < -0.4 is 4.90 Å². The minimum absolute atomic E-state index is 0.0123. The van der Waals surface area contributed by atoms with Gasteiger partial charge in [-0.2, -0.15) is 26.3 Å². The van der Waals surface area contributed by atoms with Crippen LogP contribution in [0.15, 0.2) is 35.1 Å². The van der Waals surface area contributed by atoms with E-state index in [-0.39, 0.29) is 36.7 Å². The topological polar surface area (TPSA) is 69.6 Å². The molecule has 1 aliphatic rings. The van der Waals surface area contributed by atoms with Gasteiger partial charge in [-0.05, 0) is 52.5 Å². The van der Waals surface area contributed by atoms with Crippen molar-refractivity contribution >= 4 is 28.0 Å². The summed E-state index contributed by atoms with van der Waals surface area (Å²) >= 11 is 3.18. The summed E-state index contributed by atoms with van der Waals surface area (Å²) < 4.78 is 80.3. The number of benzene rings is 1. The van der Waals surface area contributed by atoms with Crippen LogP contribution in [0.4, 0.5) is 37.1 Å². The first-order chi connectivity index (χ1) is 15.3. The molecule has 1 aromatic carbocycles. The van der Waals surface area contributed by atoms with Crippen molar-refractivity contribution in [2.24, 2.45) is 0 Å².